The Balaban J connectivity index is 2.11. The van der Waals surface area contributed by atoms with Gasteiger partial charge in [0.25, 0.3) is 0 Å². The van der Waals surface area contributed by atoms with E-state index in [2.05, 4.69) is 4.98 Å². The van der Waals surface area contributed by atoms with Crippen molar-refractivity contribution < 1.29 is 9.13 Å². The van der Waals surface area contributed by atoms with Crippen molar-refractivity contribution in [3.05, 3.63) is 65.6 Å². The van der Waals surface area contributed by atoms with Crippen LogP contribution in [0.5, 0.6) is 11.6 Å². The summed E-state index contributed by atoms with van der Waals surface area (Å²) < 4.78 is 19.2. The number of ether oxygens (including phenoxy) is 1. The molecule has 3 rings (SSSR count). The van der Waals surface area contributed by atoms with Gasteiger partial charge in [0, 0.05) is 24.2 Å². The number of aryl methyl sites for hydroxylation is 1. The van der Waals surface area contributed by atoms with Gasteiger partial charge in [-0.3, -0.25) is 0 Å². The van der Waals surface area contributed by atoms with E-state index in [1.54, 1.807) is 12.3 Å². The molecule has 0 radical (unpaired) electrons. The number of rotatable bonds is 3. The van der Waals surface area contributed by atoms with Crippen LogP contribution in [-0.4, -0.2) is 4.98 Å². The first-order valence-electron chi connectivity index (χ1n) is 6.69. The van der Waals surface area contributed by atoms with Gasteiger partial charge in [0.2, 0.25) is 5.88 Å². The molecule has 2 aromatic carbocycles. The highest BCUT2D eigenvalue weighted by Crippen LogP contribution is 2.31. The third-order valence-electron chi connectivity index (χ3n) is 3.42. The number of nitrogens with two attached hydrogens (primary N) is 1. The lowest BCUT2D eigenvalue weighted by Crippen LogP contribution is -2.00. The van der Waals surface area contributed by atoms with Crippen LogP contribution >= 0.6 is 0 Å². The van der Waals surface area contributed by atoms with E-state index < -0.39 is 0 Å². The fourth-order valence-corrected chi connectivity index (χ4v) is 2.26. The minimum Gasteiger partial charge on any atom is -0.438 e. The summed E-state index contributed by atoms with van der Waals surface area (Å²) in [6.45, 7) is 2.28. The van der Waals surface area contributed by atoms with E-state index in [1.807, 2.05) is 31.2 Å². The lowest BCUT2D eigenvalue weighted by molar-refractivity contribution is 0.460. The van der Waals surface area contributed by atoms with Gasteiger partial charge in [-0.25, -0.2) is 9.37 Å². The maximum absolute atomic E-state index is 13.4. The molecule has 3 nitrogen and oxygen atoms in total. The largest absolute Gasteiger partial charge is 0.438 e. The predicted molar refractivity (Wildman–Crippen MR) is 80.8 cm³/mol. The van der Waals surface area contributed by atoms with Gasteiger partial charge in [0.05, 0.1) is 0 Å². The van der Waals surface area contributed by atoms with Gasteiger partial charge < -0.3 is 10.5 Å². The molecule has 4 heteroatoms. The number of benzene rings is 2. The van der Waals surface area contributed by atoms with Gasteiger partial charge in [0.15, 0.2) is 0 Å². The number of hydrogen-bond donors (Lipinski definition) is 1. The number of aromatic nitrogens is 1. The van der Waals surface area contributed by atoms with Crippen LogP contribution in [0.2, 0.25) is 0 Å². The first-order chi connectivity index (χ1) is 10.2. The molecule has 0 aliphatic rings. The molecule has 0 saturated heterocycles. The summed E-state index contributed by atoms with van der Waals surface area (Å²) in [5.41, 5.74) is 7.54. The molecule has 0 bridgehead atoms. The van der Waals surface area contributed by atoms with Crippen molar-refractivity contribution in [2.24, 2.45) is 5.73 Å². The van der Waals surface area contributed by atoms with E-state index in [-0.39, 0.29) is 5.82 Å². The molecule has 106 valence electrons. The SMILES string of the molecule is Cc1ccc(F)cc1Oc1ncc(CN)c2ccccc12. The highest BCUT2D eigenvalue weighted by Gasteiger charge is 2.10. The first kappa shape index (κ1) is 13.5. The van der Waals surface area contributed by atoms with Crippen molar-refractivity contribution in [3.63, 3.8) is 0 Å². The Bertz CT molecular complexity index is 802. The molecule has 0 fully saturated rings. The van der Waals surface area contributed by atoms with E-state index in [1.165, 1.54) is 12.1 Å². The fraction of sp³-hybridized carbons (Fsp3) is 0.118. The Morgan fingerprint density at radius 3 is 2.67 bits per heavy atom. The van der Waals surface area contributed by atoms with E-state index in [0.717, 1.165) is 21.9 Å². The topological polar surface area (TPSA) is 48.1 Å². The minimum absolute atomic E-state index is 0.335. The van der Waals surface area contributed by atoms with Gasteiger partial charge in [-0.15, -0.1) is 0 Å². The second-order valence-electron chi connectivity index (χ2n) is 4.85. The number of halogens is 1. The van der Waals surface area contributed by atoms with E-state index in [0.29, 0.717) is 18.2 Å². The lowest BCUT2D eigenvalue weighted by Gasteiger charge is -2.12. The molecule has 3 aromatic rings. The minimum atomic E-state index is -0.335. The van der Waals surface area contributed by atoms with Crippen LogP contribution < -0.4 is 10.5 Å². The predicted octanol–water partition coefficient (Wildman–Crippen LogP) is 3.93. The van der Waals surface area contributed by atoms with Crippen molar-refractivity contribution in [3.8, 4) is 11.6 Å². The molecule has 0 unspecified atom stereocenters. The van der Waals surface area contributed by atoms with Gasteiger partial charge in [-0.05, 0) is 35.6 Å². The zero-order valence-corrected chi connectivity index (χ0v) is 11.6. The van der Waals surface area contributed by atoms with Crippen LogP contribution in [0.15, 0.2) is 48.7 Å². The van der Waals surface area contributed by atoms with Gasteiger partial charge in [-0.2, -0.15) is 0 Å². The zero-order chi connectivity index (χ0) is 14.8. The second kappa shape index (κ2) is 5.50. The molecule has 0 spiro atoms. The standard InChI is InChI=1S/C17H15FN2O/c1-11-6-7-13(18)8-16(11)21-17-15-5-3-2-4-14(15)12(9-19)10-20-17/h2-8,10H,9,19H2,1H3. The Labute approximate surface area is 122 Å². The maximum Gasteiger partial charge on any atom is 0.227 e. The smallest absolute Gasteiger partial charge is 0.227 e. The number of pyridine rings is 1. The molecule has 0 saturated carbocycles. The molecular formula is C17H15FN2O. The Kier molecular flexibility index (Phi) is 3.54. The third-order valence-corrected chi connectivity index (χ3v) is 3.42. The summed E-state index contributed by atoms with van der Waals surface area (Å²) in [7, 11) is 0. The van der Waals surface area contributed by atoms with E-state index >= 15 is 0 Å². The Hall–Kier alpha value is -2.46. The third kappa shape index (κ3) is 2.58. The summed E-state index contributed by atoms with van der Waals surface area (Å²) in [4.78, 5) is 4.32. The van der Waals surface area contributed by atoms with Crippen molar-refractivity contribution in [1.29, 1.82) is 0 Å². The molecular weight excluding hydrogens is 267 g/mol. The Morgan fingerprint density at radius 2 is 1.90 bits per heavy atom. The van der Waals surface area contributed by atoms with Crippen LogP contribution in [0.1, 0.15) is 11.1 Å². The Morgan fingerprint density at radius 1 is 1.14 bits per heavy atom. The molecule has 2 N–H and O–H groups in total. The summed E-state index contributed by atoms with van der Waals surface area (Å²) in [6.07, 6.45) is 1.70. The first-order valence-corrected chi connectivity index (χ1v) is 6.69. The quantitative estimate of drug-likeness (QED) is 0.791. The highest BCUT2D eigenvalue weighted by molar-refractivity contribution is 5.89. The number of fused-ring (bicyclic) bond motifs is 1. The van der Waals surface area contributed by atoms with Crippen molar-refractivity contribution >= 4 is 10.8 Å². The zero-order valence-electron chi connectivity index (χ0n) is 11.6. The van der Waals surface area contributed by atoms with E-state index in [4.69, 9.17) is 10.5 Å². The van der Waals surface area contributed by atoms with Gasteiger partial charge in [0.1, 0.15) is 11.6 Å². The van der Waals surface area contributed by atoms with Crippen LogP contribution in [0, 0.1) is 12.7 Å². The van der Waals surface area contributed by atoms with Gasteiger partial charge >= 0.3 is 0 Å². The fourth-order valence-electron chi connectivity index (χ4n) is 2.26. The number of nitrogens with zero attached hydrogens (tertiary/aromatic N) is 1. The normalized spacial score (nSPS) is 10.8. The summed E-state index contributed by atoms with van der Waals surface area (Å²) in [6, 6.07) is 12.2. The van der Waals surface area contributed by atoms with Crippen molar-refractivity contribution in [1.82, 2.24) is 4.98 Å². The van der Waals surface area contributed by atoms with Crippen LogP contribution in [0.3, 0.4) is 0 Å². The lowest BCUT2D eigenvalue weighted by atomic mass is 10.1. The van der Waals surface area contributed by atoms with Crippen LogP contribution in [0.25, 0.3) is 10.8 Å². The van der Waals surface area contributed by atoms with Crippen LogP contribution in [0.4, 0.5) is 4.39 Å². The van der Waals surface area contributed by atoms with Crippen molar-refractivity contribution in [2.75, 3.05) is 0 Å². The summed E-state index contributed by atoms with van der Waals surface area (Å²) >= 11 is 0. The second-order valence-corrected chi connectivity index (χ2v) is 4.85. The summed E-state index contributed by atoms with van der Waals surface area (Å²) in [5.74, 6) is 0.586. The number of hydrogen-bond acceptors (Lipinski definition) is 3. The van der Waals surface area contributed by atoms with E-state index in [9.17, 15) is 4.39 Å². The molecule has 0 aliphatic heterocycles. The average Bonchev–Trinajstić information content (AvgIpc) is 2.51. The maximum atomic E-state index is 13.4. The summed E-state index contributed by atoms with van der Waals surface area (Å²) in [5, 5.41) is 1.86. The molecule has 1 heterocycles. The molecule has 21 heavy (non-hydrogen) atoms. The molecule has 0 atom stereocenters. The molecule has 0 aliphatic carbocycles. The average molecular weight is 282 g/mol. The molecule has 1 aromatic heterocycles. The molecule has 0 amide bonds. The highest BCUT2D eigenvalue weighted by atomic mass is 19.1. The van der Waals surface area contributed by atoms with Gasteiger partial charge in [-0.1, -0.05) is 24.3 Å². The van der Waals surface area contributed by atoms with Crippen LogP contribution in [-0.2, 0) is 6.54 Å². The van der Waals surface area contributed by atoms with Crippen molar-refractivity contribution in [2.45, 2.75) is 13.5 Å². The monoisotopic (exact) mass is 282 g/mol.